The molecule has 1 saturated heterocycles. The standard InChI is InChI=1S/C21H23N3O2/c1-15-5-4-6-16(13-15)9-10-20(25)23-17-11-12-24(14-17)19-8-3-2-7-18(19)21(22)26/h2-10,13,17H,11-12,14H2,1H3,(H2,22,26)(H,23,25)/b10-9+. The lowest BCUT2D eigenvalue weighted by Gasteiger charge is -2.21. The van der Waals surface area contributed by atoms with Crippen LogP contribution in [-0.2, 0) is 4.79 Å². The van der Waals surface area contributed by atoms with Crippen molar-refractivity contribution in [2.24, 2.45) is 5.73 Å². The van der Waals surface area contributed by atoms with Crippen molar-refractivity contribution in [1.29, 1.82) is 0 Å². The van der Waals surface area contributed by atoms with Gasteiger partial charge in [-0.05, 0) is 37.1 Å². The Morgan fingerprint density at radius 1 is 1.19 bits per heavy atom. The van der Waals surface area contributed by atoms with Crippen molar-refractivity contribution < 1.29 is 9.59 Å². The zero-order valence-electron chi connectivity index (χ0n) is 14.8. The molecule has 3 rings (SSSR count). The molecule has 1 fully saturated rings. The van der Waals surface area contributed by atoms with Crippen LogP contribution in [0, 0.1) is 6.92 Å². The summed E-state index contributed by atoms with van der Waals surface area (Å²) in [5, 5.41) is 3.03. The zero-order chi connectivity index (χ0) is 18.5. The second-order valence-corrected chi connectivity index (χ2v) is 6.57. The van der Waals surface area contributed by atoms with E-state index < -0.39 is 5.91 Å². The molecule has 1 unspecified atom stereocenters. The van der Waals surface area contributed by atoms with Gasteiger partial charge in [-0.2, -0.15) is 0 Å². The summed E-state index contributed by atoms with van der Waals surface area (Å²) in [4.78, 5) is 25.9. The van der Waals surface area contributed by atoms with E-state index in [1.807, 2.05) is 49.4 Å². The fourth-order valence-electron chi connectivity index (χ4n) is 3.25. The first-order valence-corrected chi connectivity index (χ1v) is 8.72. The van der Waals surface area contributed by atoms with Crippen molar-refractivity contribution in [3.8, 4) is 0 Å². The summed E-state index contributed by atoms with van der Waals surface area (Å²) < 4.78 is 0. The lowest BCUT2D eigenvalue weighted by Crippen LogP contribution is -2.36. The Balaban J connectivity index is 1.59. The van der Waals surface area contributed by atoms with Crippen LogP contribution in [0.2, 0.25) is 0 Å². The number of nitrogens with one attached hydrogen (secondary N) is 1. The van der Waals surface area contributed by atoms with Gasteiger partial charge >= 0.3 is 0 Å². The molecule has 1 aliphatic rings. The van der Waals surface area contributed by atoms with Crippen LogP contribution in [0.25, 0.3) is 6.08 Å². The molecule has 0 aliphatic carbocycles. The number of para-hydroxylation sites is 1. The molecule has 3 N–H and O–H groups in total. The van der Waals surface area contributed by atoms with E-state index in [0.29, 0.717) is 12.1 Å². The van der Waals surface area contributed by atoms with Gasteiger partial charge in [0.15, 0.2) is 0 Å². The van der Waals surface area contributed by atoms with Crippen LogP contribution in [-0.4, -0.2) is 30.9 Å². The molecule has 26 heavy (non-hydrogen) atoms. The van der Waals surface area contributed by atoms with Crippen molar-refractivity contribution in [1.82, 2.24) is 5.32 Å². The summed E-state index contributed by atoms with van der Waals surface area (Å²) in [6.07, 6.45) is 4.21. The molecule has 0 spiro atoms. The van der Waals surface area contributed by atoms with Gasteiger partial charge in [0.05, 0.1) is 5.56 Å². The number of primary amides is 1. The third-order valence-electron chi connectivity index (χ3n) is 4.51. The van der Waals surface area contributed by atoms with E-state index in [1.165, 1.54) is 0 Å². The fourth-order valence-corrected chi connectivity index (χ4v) is 3.25. The third-order valence-corrected chi connectivity index (χ3v) is 4.51. The van der Waals surface area contributed by atoms with Gasteiger partial charge in [0, 0.05) is 30.9 Å². The van der Waals surface area contributed by atoms with E-state index in [1.54, 1.807) is 18.2 Å². The van der Waals surface area contributed by atoms with Gasteiger partial charge in [-0.1, -0.05) is 42.0 Å². The molecule has 5 nitrogen and oxygen atoms in total. The van der Waals surface area contributed by atoms with E-state index in [9.17, 15) is 9.59 Å². The number of nitrogens with zero attached hydrogens (tertiary/aromatic N) is 1. The second-order valence-electron chi connectivity index (χ2n) is 6.57. The van der Waals surface area contributed by atoms with Crippen molar-refractivity contribution in [2.45, 2.75) is 19.4 Å². The maximum Gasteiger partial charge on any atom is 0.250 e. The Kier molecular flexibility index (Phi) is 5.37. The van der Waals surface area contributed by atoms with Crippen molar-refractivity contribution in [2.75, 3.05) is 18.0 Å². The van der Waals surface area contributed by atoms with Gasteiger partial charge < -0.3 is 16.0 Å². The number of anilines is 1. The normalized spacial score (nSPS) is 16.8. The largest absolute Gasteiger partial charge is 0.369 e. The van der Waals surface area contributed by atoms with Crippen molar-refractivity contribution in [3.63, 3.8) is 0 Å². The van der Waals surface area contributed by atoms with Crippen LogP contribution in [0.5, 0.6) is 0 Å². The van der Waals surface area contributed by atoms with Gasteiger partial charge in [0.25, 0.3) is 5.91 Å². The molecule has 0 aromatic heterocycles. The van der Waals surface area contributed by atoms with Crippen molar-refractivity contribution >= 4 is 23.6 Å². The smallest absolute Gasteiger partial charge is 0.250 e. The minimum absolute atomic E-state index is 0.0468. The average molecular weight is 349 g/mol. The van der Waals surface area contributed by atoms with Crippen LogP contribution in [0.1, 0.15) is 27.9 Å². The number of carbonyl (C=O) groups excluding carboxylic acids is 2. The lowest BCUT2D eigenvalue weighted by molar-refractivity contribution is -0.117. The minimum Gasteiger partial charge on any atom is -0.369 e. The number of hydrogen-bond acceptors (Lipinski definition) is 3. The predicted molar refractivity (Wildman–Crippen MR) is 104 cm³/mol. The summed E-state index contributed by atoms with van der Waals surface area (Å²) in [6, 6.07) is 15.3. The fraction of sp³-hybridized carbons (Fsp3) is 0.238. The maximum absolute atomic E-state index is 12.2. The Hall–Kier alpha value is -3.08. The molecule has 2 amide bonds. The summed E-state index contributed by atoms with van der Waals surface area (Å²) in [5.74, 6) is -0.546. The summed E-state index contributed by atoms with van der Waals surface area (Å²) in [6.45, 7) is 3.46. The van der Waals surface area contributed by atoms with Gasteiger partial charge in [-0.25, -0.2) is 0 Å². The van der Waals surface area contributed by atoms with Crippen LogP contribution in [0.3, 0.4) is 0 Å². The molecule has 0 radical (unpaired) electrons. The topological polar surface area (TPSA) is 75.4 Å². The highest BCUT2D eigenvalue weighted by Crippen LogP contribution is 2.24. The van der Waals surface area contributed by atoms with E-state index in [4.69, 9.17) is 5.73 Å². The molecule has 134 valence electrons. The molecule has 0 saturated carbocycles. The number of rotatable bonds is 5. The molecule has 5 heteroatoms. The summed E-state index contributed by atoms with van der Waals surface area (Å²) >= 11 is 0. The van der Waals surface area contributed by atoms with Crippen LogP contribution in [0.4, 0.5) is 5.69 Å². The monoisotopic (exact) mass is 349 g/mol. The molecule has 1 atom stereocenters. The van der Waals surface area contributed by atoms with E-state index in [-0.39, 0.29) is 11.9 Å². The molecular formula is C21H23N3O2. The van der Waals surface area contributed by atoms with E-state index in [2.05, 4.69) is 10.2 Å². The number of benzene rings is 2. The molecular weight excluding hydrogens is 326 g/mol. The van der Waals surface area contributed by atoms with Crippen molar-refractivity contribution in [3.05, 3.63) is 71.3 Å². The number of carbonyl (C=O) groups is 2. The summed E-state index contributed by atoms with van der Waals surface area (Å²) in [7, 11) is 0. The first kappa shape index (κ1) is 17.7. The molecule has 2 aromatic carbocycles. The zero-order valence-corrected chi connectivity index (χ0v) is 14.8. The highest BCUT2D eigenvalue weighted by molar-refractivity contribution is 5.98. The first-order chi connectivity index (χ1) is 12.5. The van der Waals surface area contributed by atoms with E-state index >= 15 is 0 Å². The maximum atomic E-state index is 12.2. The SMILES string of the molecule is Cc1cccc(/C=C/C(=O)NC2CCN(c3ccccc3C(N)=O)C2)c1. The van der Waals surface area contributed by atoms with Crippen LogP contribution >= 0.6 is 0 Å². The number of nitrogens with two attached hydrogens (primary N) is 1. The molecule has 1 heterocycles. The molecule has 1 aliphatic heterocycles. The van der Waals surface area contributed by atoms with Crippen LogP contribution in [0.15, 0.2) is 54.6 Å². The van der Waals surface area contributed by atoms with Crippen LogP contribution < -0.4 is 16.0 Å². The Morgan fingerprint density at radius 2 is 2.00 bits per heavy atom. The number of aryl methyl sites for hydroxylation is 1. The number of hydrogen-bond donors (Lipinski definition) is 2. The van der Waals surface area contributed by atoms with Gasteiger partial charge in [-0.15, -0.1) is 0 Å². The Morgan fingerprint density at radius 3 is 2.77 bits per heavy atom. The first-order valence-electron chi connectivity index (χ1n) is 8.72. The van der Waals surface area contributed by atoms with E-state index in [0.717, 1.165) is 29.8 Å². The second kappa shape index (κ2) is 7.87. The van der Waals surface area contributed by atoms with Gasteiger partial charge in [-0.3, -0.25) is 9.59 Å². The quantitative estimate of drug-likeness (QED) is 0.815. The Bertz CT molecular complexity index is 845. The highest BCUT2D eigenvalue weighted by atomic mass is 16.1. The molecule has 0 bridgehead atoms. The Labute approximate surface area is 153 Å². The predicted octanol–water partition coefficient (Wildman–Crippen LogP) is 2.50. The lowest BCUT2D eigenvalue weighted by atomic mass is 10.1. The molecule has 2 aromatic rings. The van der Waals surface area contributed by atoms with Gasteiger partial charge in [0.2, 0.25) is 5.91 Å². The summed E-state index contributed by atoms with van der Waals surface area (Å²) in [5.41, 5.74) is 8.96. The highest BCUT2D eigenvalue weighted by Gasteiger charge is 2.25. The average Bonchev–Trinajstić information content (AvgIpc) is 3.08. The number of amides is 2. The van der Waals surface area contributed by atoms with Gasteiger partial charge in [0.1, 0.15) is 0 Å². The minimum atomic E-state index is -0.436. The third kappa shape index (κ3) is 4.30.